The monoisotopic (exact) mass is 289 g/mol. The minimum atomic E-state index is -0.188. The van der Waals surface area contributed by atoms with Crippen molar-refractivity contribution in [3.05, 3.63) is 65.2 Å². The summed E-state index contributed by atoms with van der Waals surface area (Å²) in [5.41, 5.74) is 7.44. The number of benzene rings is 2. The zero-order chi connectivity index (χ0) is 14.5. The van der Waals surface area contributed by atoms with Crippen molar-refractivity contribution in [3.8, 4) is 5.75 Å². The van der Waals surface area contributed by atoms with Crippen LogP contribution in [0.3, 0.4) is 0 Å². The quantitative estimate of drug-likeness (QED) is 0.883. The number of ether oxygens (including phenoxy) is 1. The van der Waals surface area contributed by atoms with Gasteiger partial charge in [-0.15, -0.1) is 0 Å². The van der Waals surface area contributed by atoms with Gasteiger partial charge in [-0.25, -0.2) is 0 Å². The molecule has 0 aromatic heterocycles. The number of nitrogens with two attached hydrogens (primary N) is 1. The summed E-state index contributed by atoms with van der Waals surface area (Å²) in [5.74, 6) is 0.959. The first kappa shape index (κ1) is 14.9. The topological polar surface area (TPSA) is 35.2 Å². The van der Waals surface area contributed by atoms with Crippen LogP contribution in [-0.2, 0) is 0 Å². The molecule has 2 aromatic rings. The first-order valence-electron chi connectivity index (χ1n) is 6.81. The molecule has 2 N–H and O–H groups in total. The van der Waals surface area contributed by atoms with E-state index in [4.69, 9.17) is 22.1 Å². The largest absolute Gasteiger partial charge is 0.487 e. The van der Waals surface area contributed by atoms with Crippen LogP contribution >= 0.6 is 11.6 Å². The summed E-state index contributed by atoms with van der Waals surface area (Å²) >= 11 is 6.16. The lowest BCUT2D eigenvalue weighted by Crippen LogP contribution is -2.35. The van der Waals surface area contributed by atoms with Gasteiger partial charge >= 0.3 is 0 Å². The second-order valence-corrected chi connectivity index (χ2v) is 5.60. The zero-order valence-electron chi connectivity index (χ0n) is 11.8. The highest BCUT2D eigenvalue weighted by Crippen LogP contribution is 2.29. The average Bonchev–Trinajstić information content (AvgIpc) is 2.46. The first-order chi connectivity index (χ1) is 9.59. The third-order valence-electron chi connectivity index (χ3n) is 3.30. The van der Waals surface area contributed by atoms with Crippen molar-refractivity contribution in [2.45, 2.75) is 26.0 Å². The Morgan fingerprint density at radius 1 is 0.950 bits per heavy atom. The third kappa shape index (κ3) is 3.53. The summed E-state index contributed by atoms with van der Waals surface area (Å²) in [5, 5.41) is 0.610. The molecular formula is C17H20ClNO. The number of hydrogen-bond acceptors (Lipinski definition) is 2. The van der Waals surface area contributed by atoms with Crippen LogP contribution in [0.4, 0.5) is 0 Å². The van der Waals surface area contributed by atoms with E-state index in [1.807, 2.05) is 54.6 Å². The van der Waals surface area contributed by atoms with Gasteiger partial charge in [-0.3, -0.25) is 0 Å². The average molecular weight is 290 g/mol. The highest BCUT2D eigenvalue weighted by Gasteiger charge is 2.25. The summed E-state index contributed by atoms with van der Waals surface area (Å²) in [6.45, 7) is 4.20. The summed E-state index contributed by atoms with van der Waals surface area (Å²) in [7, 11) is 0. The molecule has 2 nitrogen and oxygen atoms in total. The molecule has 0 saturated heterocycles. The number of hydrogen-bond donors (Lipinski definition) is 1. The Labute approximate surface area is 125 Å². The van der Waals surface area contributed by atoms with Crippen LogP contribution in [0.2, 0.25) is 5.02 Å². The maximum atomic E-state index is 6.37. The van der Waals surface area contributed by atoms with E-state index in [-0.39, 0.29) is 18.1 Å². The molecule has 0 fully saturated rings. The minimum absolute atomic E-state index is 0.128. The summed E-state index contributed by atoms with van der Waals surface area (Å²) in [4.78, 5) is 0. The van der Waals surface area contributed by atoms with Gasteiger partial charge in [0.25, 0.3) is 0 Å². The number of rotatable bonds is 5. The molecule has 2 unspecified atom stereocenters. The Bertz CT molecular complexity index is 542. The lowest BCUT2D eigenvalue weighted by atomic mass is 9.94. The molecule has 0 saturated carbocycles. The molecule has 0 aliphatic carbocycles. The Balaban J connectivity index is 2.22. The molecule has 0 amide bonds. The normalized spacial score (nSPS) is 14.1. The van der Waals surface area contributed by atoms with Gasteiger partial charge in [-0.2, -0.15) is 0 Å². The molecule has 2 aromatic carbocycles. The van der Waals surface area contributed by atoms with Gasteiger partial charge in [-0.05, 0) is 23.6 Å². The Morgan fingerprint density at radius 2 is 1.55 bits per heavy atom. The van der Waals surface area contributed by atoms with Crippen LogP contribution in [-0.4, -0.2) is 6.10 Å². The standard InChI is InChI=1S/C17H20ClNO/c1-12(2)17(16(19)13-8-4-3-5-9-13)20-15-11-7-6-10-14(15)18/h3-12,16-17H,19H2,1-2H3. The van der Waals surface area contributed by atoms with Crippen LogP contribution in [0.1, 0.15) is 25.5 Å². The van der Waals surface area contributed by atoms with Gasteiger partial charge in [0.15, 0.2) is 0 Å². The van der Waals surface area contributed by atoms with E-state index in [9.17, 15) is 0 Å². The zero-order valence-corrected chi connectivity index (χ0v) is 12.5. The maximum absolute atomic E-state index is 6.37. The molecule has 0 bridgehead atoms. The van der Waals surface area contributed by atoms with E-state index >= 15 is 0 Å². The van der Waals surface area contributed by atoms with Gasteiger partial charge < -0.3 is 10.5 Å². The number of para-hydroxylation sites is 1. The molecule has 20 heavy (non-hydrogen) atoms. The fourth-order valence-corrected chi connectivity index (χ4v) is 2.36. The SMILES string of the molecule is CC(C)C(Oc1ccccc1Cl)C(N)c1ccccc1. The van der Waals surface area contributed by atoms with E-state index in [1.54, 1.807) is 0 Å². The molecular weight excluding hydrogens is 270 g/mol. The fraction of sp³-hybridized carbons (Fsp3) is 0.294. The van der Waals surface area contributed by atoms with Crippen molar-refractivity contribution in [3.63, 3.8) is 0 Å². The van der Waals surface area contributed by atoms with E-state index in [0.29, 0.717) is 10.8 Å². The fourth-order valence-electron chi connectivity index (χ4n) is 2.18. The van der Waals surface area contributed by atoms with Gasteiger partial charge in [-0.1, -0.05) is 67.9 Å². The smallest absolute Gasteiger partial charge is 0.138 e. The van der Waals surface area contributed by atoms with E-state index in [2.05, 4.69) is 13.8 Å². The minimum Gasteiger partial charge on any atom is -0.487 e. The molecule has 0 radical (unpaired) electrons. The van der Waals surface area contributed by atoms with Crippen molar-refractivity contribution >= 4 is 11.6 Å². The second kappa shape index (κ2) is 6.78. The van der Waals surface area contributed by atoms with Crippen molar-refractivity contribution in [2.24, 2.45) is 11.7 Å². The molecule has 2 atom stereocenters. The Hall–Kier alpha value is -1.51. The van der Waals surface area contributed by atoms with Crippen molar-refractivity contribution in [1.29, 1.82) is 0 Å². The predicted octanol–water partition coefficient (Wildman–Crippen LogP) is 4.44. The lowest BCUT2D eigenvalue weighted by molar-refractivity contribution is 0.123. The molecule has 2 rings (SSSR count). The summed E-state index contributed by atoms with van der Waals surface area (Å²) < 4.78 is 6.07. The van der Waals surface area contributed by atoms with Crippen molar-refractivity contribution in [1.82, 2.24) is 0 Å². The summed E-state index contributed by atoms with van der Waals surface area (Å²) in [6, 6.07) is 17.3. The van der Waals surface area contributed by atoms with E-state index in [1.165, 1.54) is 0 Å². The van der Waals surface area contributed by atoms with Crippen LogP contribution in [0.5, 0.6) is 5.75 Å². The Morgan fingerprint density at radius 3 is 2.15 bits per heavy atom. The first-order valence-corrected chi connectivity index (χ1v) is 7.19. The van der Waals surface area contributed by atoms with Crippen molar-refractivity contribution in [2.75, 3.05) is 0 Å². The van der Waals surface area contributed by atoms with Gasteiger partial charge in [0.2, 0.25) is 0 Å². The van der Waals surface area contributed by atoms with Gasteiger partial charge in [0, 0.05) is 0 Å². The summed E-state index contributed by atoms with van der Waals surface area (Å²) in [6.07, 6.45) is -0.128. The highest BCUT2D eigenvalue weighted by atomic mass is 35.5. The lowest BCUT2D eigenvalue weighted by Gasteiger charge is -2.29. The maximum Gasteiger partial charge on any atom is 0.138 e. The van der Waals surface area contributed by atoms with Crippen LogP contribution < -0.4 is 10.5 Å². The molecule has 0 aliphatic rings. The highest BCUT2D eigenvalue weighted by molar-refractivity contribution is 6.32. The molecule has 106 valence electrons. The van der Waals surface area contributed by atoms with Crippen LogP contribution in [0, 0.1) is 5.92 Å². The Kier molecular flexibility index (Phi) is 5.05. The van der Waals surface area contributed by atoms with E-state index in [0.717, 1.165) is 5.56 Å². The van der Waals surface area contributed by atoms with Crippen molar-refractivity contribution < 1.29 is 4.74 Å². The number of halogens is 1. The molecule has 0 heterocycles. The predicted molar refractivity (Wildman–Crippen MR) is 84.1 cm³/mol. The van der Waals surface area contributed by atoms with Gasteiger partial charge in [0.1, 0.15) is 11.9 Å². The second-order valence-electron chi connectivity index (χ2n) is 5.19. The third-order valence-corrected chi connectivity index (χ3v) is 3.61. The molecule has 3 heteroatoms. The van der Waals surface area contributed by atoms with E-state index < -0.39 is 0 Å². The van der Waals surface area contributed by atoms with Crippen LogP contribution in [0.25, 0.3) is 0 Å². The molecule has 0 aliphatic heterocycles. The van der Waals surface area contributed by atoms with Gasteiger partial charge in [0.05, 0.1) is 11.1 Å². The van der Waals surface area contributed by atoms with Crippen LogP contribution in [0.15, 0.2) is 54.6 Å². The molecule has 0 spiro atoms.